The molecule has 0 saturated carbocycles. The summed E-state index contributed by atoms with van der Waals surface area (Å²) in [6.45, 7) is 2.70. The second-order valence-corrected chi connectivity index (χ2v) is 9.99. The van der Waals surface area contributed by atoms with Crippen molar-refractivity contribution in [2.75, 3.05) is 20.2 Å². The van der Waals surface area contributed by atoms with Crippen molar-refractivity contribution in [1.29, 1.82) is 0 Å². The molecule has 8 heteroatoms. The molecule has 1 aliphatic rings. The molecule has 1 aromatic heterocycles. The zero-order valence-electron chi connectivity index (χ0n) is 16.1. The van der Waals surface area contributed by atoms with Crippen LogP contribution in [0.4, 0.5) is 0 Å². The van der Waals surface area contributed by atoms with Crippen LogP contribution in [0.2, 0.25) is 0 Å². The fraction of sp³-hybridized carbons (Fsp3) is 0.450. The van der Waals surface area contributed by atoms with E-state index >= 15 is 0 Å². The lowest BCUT2D eigenvalue weighted by Gasteiger charge is -2.31. The Balaban J connectivity index is 1.67. The number of amides is 1. The number of benzene rings is 1. The summed E-state index contributed by atoms with van der Waals surface area (Å²) in [5.74, 6) is 0.344. The Labute approximate surface area is 170 Å². The number of hydrogen-bond donors (Lipinski definition) is 1. The number of hydrogen-bond acceptors (Lipinski definition) is 5. The summed E-state index contributed by atoms with van der Waals surface area (Å²) in [7, 11) is -1.90. The fourth-order valence-corrected chi connectivity index (χ4v) is 6.13. The molecule has 0 bridgehead atoms. The number of methoxy groups -OCH3 is 1. The zero-order valence-corrected chi connectivity index (χ0v) is 17.8. The molecule has 1 N–H and O–H groups in total. The molecule has 2 aromatic rings. The molecule has 1 fully saturated rings. The van der Waals surface area contributed by atoms with Gasteiger partial charge >= 0.3 is 0 Å². The lowest BCUT2D eigenvalue weighted by atomic mass is 9.97. The monoisotopic (exact) mass is 422 g/mol. The van der Waals surface area contributed by atoms with Gasteiger partial charge in [-0.1, -0.05) is 25.1 Å². The Morgan fingerprint density at radius 3 is 2.68 bits per heavy atom. The first kappa shape index (κ1) is 20.8. The highest BCUT2D eigenvalue weighted by molar-refractivity contribution is 7.91. The molecule has 1 amide bonds. The van der Waals surface area contributed by atoms with Crippen LogP contribution in [0.1, 0.15) is 37.8 Å². The van der Waals surface area contributed by atoms with Crippen molar-refractivity contribution in [2.45, 2.75) is 36.4 Å². The van der Waals surface area contributed by atoms with Crippen molar-refractivity contribution in [1.82, 2.24) is 9.62 Å². The van der Waals surface area contributed by atoms with E-state index < -0.39 is 10.0 Å². The molecule has 1 aliphatic heterocycles. The minimum Gasteiger partial charge on any atom is -0.497 e. The fourth-order valence-electron chi connectivity index (χ4n) is 3.46. The summed E-state index contributed by atoms with van der Waals surface area (Å²) in [6.07, 6.45) is 2.13. The van der Waals surface area contributed by atoms with E-state index in [9.17, 15) is 13.2 Å². The van der Waals surface area contributed by atoms with Gasteiger partial charge in [-0.2, -0.15) is 4.31 Å². The molecular weight excluding hydrogens is 396 g/mol. The number of carbonyl (C=O) groups excluding carboxylic acids is 1. The molecule has 0 aliphatic carbocycles. The van der Waals surface area contributed by atoms with E-state index in [1.165, 1.54) is 15.6 Å². The smallest absolute Gasteiger partial charge is 0.252 e. The first-order valence-electron chi connectivity index (χ1n) is 9.43. The van der Waals surface area contributed by atoms with Gasteiger partial charge in [-0.25, -0.2) is 8.42 Å². The maximum atomic E-state index is 12.9. The molecule has 2 heterocycles. The third-order valence-corrected chi connectivity index (χ3v) is 8.33. The zero-order chi connectivity index (χ0) is 20.1. The number of carbonyl (C=O) groups is 1. The topological polar surface area (TPSA) is 75.7 Å². The highest BCUT2D eigenvalue weighted by atomic mass is 32.2. The molecule has 28 heavy (non-hydrogen) atoms. The Morgan fingerprint density at radius 2 is 2.07 bits per heavy atom. The molecule has 6 nitrogen and oxygen atoms in total. The van der Waals surface area contributed by atoms with Crippen LogP contribution in [-0.4, -0.2) is 38.8 Å². The minimum absolute atomic E-state index is 0.0891. The maximum absolute atomic E-state index is 12.9. The number of sulfonamides is 1. The van der Waals surface area contributed by atoms with Crippen molar-refractivity contribution < 1.29 is 17.9 Å². The number of nitrogens with one attached hydrogen (secondary N) is 1. The minimum atomic E-state index is -3.52. The highest BCUT2D eigenvalue weighted by Gasteiger charge is 2.34. The molecule has 1 aromatic carbocycles. The predicted octanol–water partition coefficient (Wildman–Crippen LogP) is 3.42. The van der Waals surface area contributed by atoms with Crippen molar-refractivity contribution in [3.8, 4) is 5.75 Å². The summed E-state index contributed by atoms with van der Waals surface area (Å²) in [4.78, 5) is 12.9. The number of rotatable bonds is 7. The van der Waals surface area contributed by atoms with Gasteiger partial charge in [-0.3, -0.25) is 4.79 Å². The SMILES string of the molecule is CC[C@H](NC(=O)[C@H]1CCCN(S(=O)(=O)c2cccs2)C1)c1ccc(OC)cc1. The van der Waals surface area contributed by atoms with E-state index in [0.717, 1.165) is 17.7 Å². The van der Waals surface area contributed by atoms with E-state index in [1.54, 1.807) is 24.6 Å². The average molecular weight is 423 g/mol. The van der Waals surface area contributed by atoms with Gasteiger partial charge in [-0.15, -0.1) is 11.3 Å². The summed E-state index contributed by atoms with van der Waals surface area (Å²) in [5.41, 5.74) is 1.01. The van der Waals surface area contributed by atoms with Crippen molar-refractivity contribution in [3.05, 3.63) is 47.3 Å². The van der Waals surface area contributed by atoms with Crippen LogP contribution in [-0.2, 0) is 14.8 Å². The van der Waals surface area contributed by atoms with Crippen LogP contribution in [0.5, 0.6) is 5.75 Å². The molecule has 0 radical (unpaired) electrons. The molecule has 1 saturated heterocycles. The quantitative estimate of drug-likeness (QED) is 0.742. The lowest BCUT2D eigenvalue weighted by Crippen LogP contribution is -2.45. The van der Waals surface area contributed by atoms with E-state index in [0.29, 0.717) is 23.6 Å². The molecule has 2 atom stereocenters. The third kappa shape index (κ3) is 4.56. The van der Waals surface area contributed by atoms with E-state index in [1.807, 2.05) is 31.2 Å². The first-order valence-corrected chi connectivity index (χ1v) is 11.8. The van der Waals surface area contributed by atoms with Gasteiger partial charge in [0.25, 0.3) is 10.0 Å². The predicted molar refractivity (Wildman–Crippen MR) is 110 cm³/mol. The average Bonchev–Trinajstić information content (AvgIpc) is 3.28. The van der Waals surface area contributed by atoms with Crippen molar-refractivity contribution in [3.63, 3.8) is 0 Å². The van der Waals surface area contributed by atoms with Gasteiger partial charge in [0.15, 0.2) is 0 Å². The van der Waals surface area contributed by atoms with Crippen LogP contribution < -0.4 is 10.1 Å². The standard InChI is InChI=1S/C20H26N2O4S2/c1-3-18(15-8-10-17(26-2)11-9-15)21-20(23)16-6-4-12-22(14-16)28(24,25)19-7-5-13-27-19/h5,7-11,13,16,18H,3-4,6,12,14H2,1-2H3,(H,21,23)/t16-,18-/m0/s1. The van der Waals surface area contributed by atoms with Gasteiger partial charge in [0.2, 0.25) is 5.91 Å². The van der Waals surface area contributed by atoms with Crippen LogP contribution in [0.15, 0.2) is 46.0 Å². The highest BCUT2D eigenvalue weighted by Crippen LogP contribution is 2.27. The number of thiophene rings is 1. The van der Waals surface area contributed by atoms with Gasteiger partial charge in [0.1, 0.15) is 9.96 Å². The maximum Gasteiger partial charge on any atom is 0.252 e. The van der Waals surface area contributed by atoms with Gasteiger partial charge in [0.05, 0.1) is 19.1 Å². The normalized spacial score (nSPS) is 19.1. The lowest BCUT2D eigenvalue weighted by molar-refractivity contribution is -0.126. The Kier molecular flexibility index (Phi) is 6.74. The number of piperidine rings is 1. The van der Waals surface area contributed by atoms with Gasteiger partial charge in [0, 0.05) is 13.1 Å². The van der Waals surface area contributed by atoms with Crippen LogP contribution >= 0.6 is 11.3 Å². The summed E-state index contributed by atoms with van der Waals surface area (Å²) < 4.78 is 32.5. The van der Waals surface area contributed by atoms with Crippen molar-refractivity contribution >= 4 is 27.3 Å². The second-order valence-electron chi connectivity index (χ2n) is 6.88. The third-order valence-electron chi connectivity index (χ3n) is 5.09. The summed E-state index contributed by atoms with van der Waals surface area (Å²) in [5, 5.41) is 4.85. The molecule has 0 spiro atoms. The second kappa shape index (κ2) is 9.07. The molecule has 0 unspecified atom stereocenters. The Morgan fingerprint density at radius 1 is 1.32 bits per heavy atom. The van der Waals surface area contributed by atoms with Crippen LogP contribution in [0.25, 0.3) is 0 Å². The van der Waals surface area contributed by atoms with Crippen molar-refractivity contribution in [2.24, 2.45) is 5.92 Å². The summed E-state index contributed by atoms with van der Waals surface area (Å²) >= 11 is 1.21. The summed E-state index contributed by atoms with van der Waals surface area (Å²) in [6, 6.07) is 10.9. The van der Waals surface area contributed by atoms with E-state index in [2.05, 4.69) is 5.32 Å². The largest absolute Gasteiger partial charge is 0.497 e. The number of nitrogens with zero attached hydrogens (tertiary/aromatic N) is 1. The molecule has 152 valence electrons. The number of ether oxygens (including phenoxy) is 1. The molecular formula is C20H26N2O4S2. The van der Waals surface area contributed by atoms with Crippen LogP contribution in [0, 0.1) is 5.92 Å². The van der Waals surface area contributed by atoms with Crippen LogP contribution in [0.3, 0.4) is 0 Å². The van der Waals surface area contributed by atoms with Gasteiger partial charge in [-0.05, 0) is 48.4 Å². The molecule has 3 rings (SSSR count). The first-order chi connectivity index (χ1) is 13.5. The Hall–Kier alpha value is -1.90. The van der Waals surface area contributed by atoms with E-state index in [-0.39, 0.29) is 24.4 Å². The van der Waals surface area contributed by atoms with E-state index in [4.69, 9.17) is 4.74 Å². The van der Waals surface area contributed by atoms with Gasteiger partial charge < -0.3 is 10.1 Å². The Bertz CT molecular complexity index is 879.